The van der Waals surface area contributed by atoms with Gasteiger partial charge in [-0.2, -0.15) is 0 Å². The number of aromatic amines is 1. The third-order valence-corrected chi connectivity index (χ3v) is 4.75. The van der Waals surface area contributed by atoms with Gasteiger partial charge in [0.1, 0.15) is 10.8 Å². The van der Waals surface area contributed by atoms with Crippen LogP contribution in [-0.4, -0.2) is 52.9 Å². The summed E-state index contributed by atoms with van der Waals surface area (Å²) in [6, 6.07) is 2.43. The highest BCUT2D eigenvalue weighted by Crippen LogP contribution is 2.24. The standard InChI is InChI=1S/C14H21Cl2N3O/c1-9(2)19-6-4-10(5-7-19)18(3)14(20)12-8-11(15)13(16)17-12/h8-10,17H,4-7H2,1-3H3. The van der Waals surface area contributed by atoms with Crippen LogP contribution < -0.4 is 0 Å². The van der Waals surface area contributed by atoms with Crippen molar-refractivity contribution in [1.29, 1.82) is 0 Å². The first-order valence-corrected chi connectivity index (χ1v) is 7.71. The third-order valence-electron chi connectivity index (χ3n) is 4.05. The summed E-state index contributed by atoms with van der Waals surface area (Å²) in [4.78, 5) is 19.5. The van der Waals surface area contributed by atoms with Crippen molar-refractivity contribution in [3.05, 3.63) is 21.9 Å². The van der Waals surface area contributed by atoms with Crippen LogP contribution in [0.3, 0.4) is 0 Å². The molecule has 1 aromatic rings. The monoisotopic (exact) mass is 317 g/mol. The zero-order chi connectivity index (χ0) is 14.9. The Balaban J connectivity index is 1.98. The Labute approximate surface area is 130 Å². The molecule has 0 unspecified atom stereocenters. The first kappa shape index (κ1) is 15.7. The molecule has 0 aliphatic carbocycles. The Bertz CT molecular complexity index is 459. The van der Waals surface area contributed by atoms with Crippen molar-refractivity contribution >= 4 is 29.1 Å². The molecule has 2 rings (SSSR count). The van der Waals surface area contributed by atoms with Crippen LogP contribution in [0.15, 0.2) is 6.07 Å². The normalized spacial score (nSPS) is 17.7. The molecule has 1 saturated heterocycles. The Kier molecular flexibility index (Phi) is 4.99. The maximum Gasteiger partial charge on any atom is 0.270 e. The van der Waals surface area contributed by atoms with Crippen molar-refractivity contribution in [2.45, 2.75) is 38.8 Å². The summed E-state index contributed by atoms with van der Waals surface area (Å²) in [7, 11) is 1.85. The fourth-order valence-electron chi connectivity index (χ4n) is 2.66. The van der Waals surface area contributed by atoms with Gasteiger partial charge in [-0.3, -0.25) is 4.79 Å². The van der Waals surface area contributed by atoms with E-state index >= 15 is 0 Å². The van der Waals surface area contributed by atoms with Crippen molar-refractivity contribution in [3.63, 3.8) is 0 Å². The molecule has 2 heterocycles. The second-order valence-electron chi connectivity index (χ2n) is 5.62. The molecule has 20 heavy (non-hydrogen) atoms. The molecule has 1 aromatic heterocycles. The van der Waals surface area contributed by atoms with Crippen LogP contribution in [0.5, 0.6) is 0 Å². The van der Waals surface area contributed by atoms with E-state index < -0.39 is 0 Å². The molecule has 0 aromatic carbocycles. The number of piperidine rings is 1. The largest absolute Gasteiger partial charge is 0.340 e. The number of rotatable bonds is 3. The van der Waals surface area contributed by atoms with Crippen molar-refractivity contribution in [2.24, 2.45) is 0 Å². The topological polar surface area (TPSA) is 39.3 Å². The smallest absolute Gasteiger partial charge is 0.270 e. The molecule has 1 fully saturated rings. The van der Waals surface area contributed by atoms with Gasteiger partial charge in [0.2, 0.25) is 0 Å². The minimum atomic E-state index is -0.0539. The summed E-state index contributed by atoms with van der Waals surface area (Å²) in [6.07, 6.45) is 2.01. The molecule has 4 nitrogen and oxygen atoms in total. The van der Waals surface area contributed by atoms with Crippen LogP contribution in [-0.2, 0) is 0 Å². The minimum absolute atomic E-state index is 0.0539. The van der Waals surface area contributed by atoms with Gasteiger partial charge in [0.25, 0.3) is 5.91 Å². The Morgan fingerprint density at radius 3 is 2.45 bits per heavy atom. The van der Waals surface area contributed by atoms with E-state index in [-0.39, 0.29) is 11.9 Å². The fourth-order valence-corrected chi connectivity index (χ4v) is 2.98. The predicted octanol–water partition coefficient (Wildman–Crippen LogP) is 3.27. The van der Waals surface area contributed by atoms with Gasteiger partial charge in [-0.25, -0.2) is 0 Å². The molecule has 1 N–H and O–H groups in total. The molecule has 1 aliphatic rings. The summed E-state index contributed by atoms with van der Waals surface area (Å²) in [5.74, 6) is -0.0539. The molecule has 0 radical (unpaired) electrons. The number of hydrogen-bond donors (Lipinski definition) is 1. The van der Waals surface area contributed by atoms with Gasteiger partial charge in [0, 0.05) is 32.2 Å². The Morgan fingerprint density at radius 1 is 1.40 bits per heavy atom. The SMILES string of the molecule is CC(C)N1CCC(N(C)C(=O)c2cc(Cl)c(Cl)[nH]2)CC1. The van der Waals surface area contributed by atoms with Crippen molar-refractivity contribution in [1.82, 2.24) is 14.8 Å². The van der Waals surface area contributed by atoms with Gasteiger partial charge >= 0.3 is 0 Å². The van der Waals surface area contributed by atoms with Crippen LogP contribution >= 0.6 is 23.2 Å². The Morgan fingerprint density at radius 2 is 2.00 bits per heavy atom. The number of H-pyrrole nitrogens is 1. The number of hydrogen-bond acceptors (Lipinski definition) is 2. The van der Waals surface area contributed by atoms with Crippen LogP contribution in [0.4, 0.5) is 0 Å². The number of nitrogens with zero attached hydrogens (tertiary/aromatic N) is 2. The number of nitrogens with one attached hydrogen (secondary N) is 1. The van der Waals surface area contributed by atoms with Crippen LogP contribution in [0, 0.1) is 0 Å². The zero-order valence-electron chi connectivity index (χ0n) is 12.1. The summed E-state index contributed by atoms with van der Waals surface area (Å²) in [5, 5.41) is 0.705. The zero-order valence-corrected chi connectivity index (χ0v) is 13.6. The highest BCUT2D eigenvalue weighted by Gasteiger charge is 2.27. The van der Waals surface area contributed by atoms with Crippen LogP contribution in [0.25, 0.3) is 0 Å². The lowest BCUT2D eigenvalue weighted by Crippen LogP contribution is -2.47. The lowest BCUT2D eigenvalue weighted by molar-refractivity contribution is 0.0610. The molecular weight excluding hydrogens is 297 g/mol. The van der Waals surface area contributed by atoms with E-state index in [1.54, 1.807) is 11.0 Å². The molecule has 0 atom stereocenters. The lowest BCUT2D eigenvalue weighted by Gasteiger charge is -2.38. The molecule has 6 heteroatoms. The number of halogens is 2. The average Bonchev–Trinajstić information content (AvgIpc) is 2.77. The maximum atomic E-state index is 12.4. The first-order valence-electron chi connectivity index (χ1n) is 6.95. The van der Waals surface area contributed by atoms with Gasteiger partial charge in [-0.15, -0.1) is 0 Å². The predicted molar refractivity (Wildman–Crippen MR) is 82.6 cm³/mol. The highest BCUT2D eigenvalue weighted by atomic mass is 35.5. The summed E-state index contributed by atoms with van der Waals surface area (Å²) in [6.45, 7) is 6.48. The number of carbonyl (C=O) groups is 1. The van der Waals surface area contributed by atoms with E-state index in [2.05, 4.69) is 23.7 Å². The molecule has 0 bridgehead atoms. The third kappa shape index (κ3) is 3.30. The highest BCUT2D eigenvalue weighted by molar-refractivity contribution is 6.41. The number of carbonyl (C=O) groups excluding carboxylic acids is 1. The maximum absolute atomic E-state index is 12.4. The molecule has 0 spiro atoms. The number of likely N-dealkylation sites (tertiary alicyclic amines) is 1. The molecule has 112 valence electrons. The van der Waals surface area contributed by atoms with Crippen molar-refractivity contribution in [3.8, 4) is 0 Å². The minimum Gasteiger partial charge on any atom is -0.340 e. The van der Waals surface area contributed by atoms with E-state index in [4.69, 9.17) is 23.2 Å². The summed E-state index contributed by atoms with van der Waals surface area (Å²) >= 11 is 11.7. The van der Waals surface area contributed by atoms with E-state index in [0.717, 1.165) is 25.9 Å². The van der Waals surface area contributed by atoms with Gasteiger partial charge in [0.15, 0.2) is 0 Å². The first-order chi connectivity index (χ1) is 9.40. The summed E-state index contributed by atoms with van der Waals surface area (Å²) in [5.41, 5.74) is 0.453. The van der Waals surface area contributed by atoms with Gasteiger partial charge < -0.3 is 14.8 Å². The van der Waals surface area contributed by atoms with Crippen molar-refractivity contribution < 1.29 is 4.79 Å². The Hall–Kier alpha value is -0.710. The summed E-state index contributed by atoms with van der Waals surface area (Å²) < 4.78 is 0. The van der Waals surface area contributed by atoms with E-state index in [9.17, 15) is 4.79 Å². The van der Waals surface area contributed by atoms with Crippen LogP contribution in [0.1, 0.15) is 37.2 Å². The fraction of sp³-hybridized carbons (Fsp3) is 0.643. The van der Waals surface area contributed by atoms with E-state index in [1.807, 2.05) is 7.05 Å². The van der Waals surface area contributed by atoms with Crippen molar-refractivity contribution in [2.75, 3.05) is 20.1 Å². The van der Waals surface area contributed by atoms with Gasteiger partial charge in [-0.05, 0) is 32.8 Å². The van der Waals surface area contributed by atoms with Crippen LogP contribution in [0.2, 0.25) is 10.2 Å². The molecule has 0 saturated carbocycles. The second kappa shape index (κ2) is 6.37. The number of aromatic nitrogens is 1. The van der Waals surface area contributed by atoms with Gasteiger partial charge in [0.05, 0.1) is 5.02 Å². The molecular formula is C14H21Cl2N3O. The second-order valence-corrected chi connectivity index (χ2v) is 6.41. The average molecular weight is 318 g/mol. The molecule has 1 amide bonds. The number of amides is 1. The molecule has 1 aliphatic heterocycles. The van der Waals surface area contributed by atoms with E-state index in [1.165, 1.54) is 0 Å². The lowest BCUT2D eigenvalue weighted by atomic mass is 10.0. The van der Waals surface area contributed by atoms with Gasteiger partial charge in [-0.1, -0.05) is 23.2 Å². The van der Waals surface area contributed by atoms with E-state index in [0.29, 0.717) is 21.9 Å². The quantitative estimate of drug-likeness (QED) is 0.929.